The van der Waals surface area contributed by atoms with Gasteiger partial charge in [-0.15, -0.1) is 0 Å². The van der Waals surface area contributed by atoms with Crippen molar-refractivity contribution in [1.29, 1.82) is 0 Å². The number of likely N-dealkylation sites (tertiary alicyclic amines) is 2. The third kappa shape index (κ3) is 6.74. The van der Waals surface area contributed by atoms with E-state index in [4.69, 9.17) is 30.2 Å². The molecule has 3 atom stereocenters. The van der Waals surface area contributed by atoms with Crippen LogP contribution in [0.15, 0.2) is 47.1 Å². The summed E-state index contributed by atoms with van der Waals surface area (Å²) in [6.07, 6.45) is 3.55. The number of carboxylic acid groups (broad SMARTS) is 1. The average Bonchev–Trinajstić information content (AvgIpc) is 3.86. The number of carboxylic acids is 1. The summed E-state index contributed by atoms with van der Waals surface area (Å²) < 4.78 is 39.7. The minimum atomic E-state index is -1.56. The summed E-state index contributed by atoms with van der Waals surface area (Å²) in [4.78, 5) is 43.5. The molecule has 3 aromatic rings. The molecule has 1 unspecified atom stereocenters. The molecular weight excluding hydrogens is 645 g/mol. The Bertz CT molecular complexity index is 1640. The summed E-state index contributed by atoms with van der Waals surface area (Å²) in [5.41, 5.74) is 0.937. The lowest BCUT2D eigenvalue weighted by molar-refractivity contribution is -0.253. The second-order valence-electron chi connectivity index (χ2n) is 12.8. The molecule has 1 saturated carbocycles. The molecule has 0 spiro atoms. The SMILES string of the molecule is CO[C@H]1CN(C(O[C@H]2CC[C@H](C(=O)O)CC2)(C(=O)Cc2cc(Cl)c(NC(=O)c3coc4ccccc34)cc2F)N2CCCC2)C[C@H]1OC. The number of carbonyl (C=O) groups excluding carboxylic acids is 2. The number of rotatable bonds is 12. The third-order valence-electron chi connectivity index (χ3n) is 9.96. The van der Waals surface area contributed by atoms with Crippen molar-refractivity contribution in [2.45, 2.75) is 69.1 Å². The number of hydrogen-bond donors (Lipinski definition) is 2. The Kier molecular flexibility index (Phi) is 10.5. The molecule has 2 N–H and O–H groups in total. The predicted molar refractivity (Wildman–Crippen MR) is 175 cm³/mol. The maximum atomic E-state index is 15.8. The molecule has 0 bridgehead atoms. The van der Waals surface area contributed by atoms with Crippen molar-refractivity contribution >= 4 is 45.9 Å². The molecule has 1 aromatic heterocycles. The number of aliphatic carboxylic acids is 1. The Morgan fingerprint density at radius 2 is 1.69 bits per heavy atom. The normalized spacial score (nSPS) is 24.9. The van der Waals surface area contributed by atoms with Crippen LogP contribution in [0.1, 0.15) is 54.4 Å². The first-order valence-electron chi connectivity index (χ1n) is 16.4. The predicted octanol–water partition coefficient (Wildman–Crippen LogP) is 5.34. The van der Waals surface area contributed by atoms with E-state index in [-0.39, 0.29) is 52.4 Å². The van der Waals surface area contributed by atoms with Gasteiger partial charge >= 0.3 is 5.97 Å². The first-order chi connectivity index (χ1) is 23.1. The van der Waals surface area contributed by atoms with Crippen molar-refractivity contribution in [1.82, 2.24) is 9.80 Å². The summed E-state index contributed by atoms with van der Waals surface area (Å²) in [6.45, 7) is 1.88. The van der Waals surface area contributed by atoms with Gasteiger partial charge in [0.05, 0.1) is 40.5 Å². The molecule has 1 aliphatic carbocycles. The maximum absolute atomic E-state index is 15.8. The smallest absolute Gasteiger partial charge is 0.306 e. The highest BCUT2D eigenvalue weighted by atomic mass is 35.5. The molecule has 6 rings (SSSR count). The number of hydrogen-bond acceptors (Lipinski definition) is 9. The van der Waals surface area contributed by atoms with Crippen LogP contribution in [0.2, 0.25) is 5.02 Å². The van der Waals surface area contributed by atoms with Gasteiger partial charge in [0, 0.05) is 52.2 Å². The highest BCUT2D eigenvalue weighted by Gasteiger charge is 2.56. The largest absolute Gasteiger partial charge is 0.481 e. The number of methoxy groups -OCH3 is 2. The van der Waals surface area contributed by atoms with Gasteiger partial charge in [-0.1, -0.05) is 29.8 Å². The van der Waals surface area contributed by atoms with Crippen molar-refractivity contribution in [3.63, 3.8) is 0 Å². The van der Waals surface area contributed by atoms with Gasteiger partial charge in [-0.25, -0.2) is 4.39 Å². The second kappa shape index (κ2) is 14.6. The topological polar surface area (TPSA) is 131 Å². The van der Waals surface area contributed by atoms with E-state index < -0.39 is 29.5 Å². The number of carbonyl (C=O) groups is 3. The second-order valence-corrected chi connectivity index (χ2v) is 13.2. The van der Waals surface area contributed by atoms with Gasteiger partial charge in [0.25, 0.3) is 5.91 Å². The van der Waals surface area contributed by atoms with E-state index in [2.05, 4.69) is 5.32 Å². The van der Waals surface area contributed by atoms with E-state index >= 15 is 4.39 Å². The van der Waals surface area contributed by atoms with E-state index in [0.717, 1.165) is 18.9 Å². The molecular formula is C35H41ClFN3O8. The van der Waals surface area contributed by atoms with Gasteiger partial charge in [-0.3, -0.25) is 24.2 Å². The summed E-state index contributed by atoms with van der Waals surface area (Å²) in [5.74, 6) is -4.43. The monoisotopic (exact) mass is 685 g/mol. The number of nitrogens with one attached hydrogen (secondary N) is 1. The Hall–Kier alpha value is -3.39. The number of nitrogens with zero attached hydrogens (tertiary/aromatic N) is 2. The number of benzene rings is 2. The summed E-state index contributed by atoms with van der Waals surface area (Å²) >= 11 is 6.60. The number of halogens is 2. The Balaban J connectivity index is 1.29. The number of ketones is 1. The van der Waals surface area contributed by atoms with Crippen LogP contribution in [0.25, 0.3) is 11.0 Å². The lowest BCUT2D eigenvalue weighted by atomic mass is 9.87. The van der Waals surface area contributed by atoms with Crippen molar-refractivity contribution in [3.05, 3.63) is 64.6 Å². The molecule has 258 valence electrons. The highest BCUT2D eigenvalue weighted by Crippen LogP contribution is 2.39. The lowest BCUT2D eigenvalue weighted by Gasteiger charge is -2.48. The first-order valence-corrected chi connectivity index (χ1v) is 16.8. The molecule has 48 heavy (non-hydrogen) atoms. The van der Waals surface area contributed by atoms with Gasteiger partial charge in [0.15, 0.2) is 5.78 Å². The van der Waals surface area contributed by atoms with Gasteiger partial charge < -0.3 is 29.1 Å². The summed E-state index contributed by atoms with van der Waals surface area (Å²) in [7, 11) is 3.20. The van der Waals surface area contributed by atoms with Gasteiger partial charge in [-0.05, 0) is 62.3 Å². The van der Waals surface area contributed by atoms with E-state index in [9.17, 15) is 19.5 Å². The third-order valence-corrected chi connectivity index (χ3v) is 10.3. The number of para-hydroxylation sites is 1. The van der Waals surface area contributed by atoms with E-state index in [1.807, 2.05) is 9.80 Å². The zero-order chi connectivity index (χ0) is 34.0. The minimum Gasteiger partial charge on any atom is -0.481 e. The summed E-state index contributed by atoms with van der Waals surface area (Å²) in [5, 5.41) is 12.9. The molecule has 13 heteroatoms. The van der Waals surface area contributed by atoms with Crippen LogP contribution in [-0.4, -0.2) is 97.1 Å². The zero-order valence-electron chi connectivity index (χ0n) is 27.1. The Labute approximate surface area is 283 Å². The fraction of sp³-hybridized carbons (Fsp3) is 0.514. The Morgan fingerprint density at radius 1 is 1.02 bits per heavy atom. The molecule has 2 aromatic carbocycles. The molecule has 0 radical (unpaired) electrons. The van der Waals surface area contributed by atoms with Crippen molar-refractivity contribution in [2.24, 2.45) is 5.92 Å². The molecule has 2 aliphatic heterocycles. The van der Waals surface area contributed by atoms with Crippen LogP contribution < -0.4 is 5.32 Å². The van der Waals surface area contributed by atoms with Crippen LogP contribution in [0, 0.1) is 11.7 Å². The van der Waals surface area contributed by atoms with Gasteiger partial charge in [0.2, 0.25) is 5.85 Å². The van der Waals surface area contributed by atoms with Crippen LogP contribution >= 0.6 is 11.6 Å². The number of anilines is 1. The standard InChI is InChI=1S/C35H41ClFN3O8/c1-45-30-18-40(19-31(30)46-2)35(39-13-5-6-14-39,48-23-11-9-21(10-12-23)34(43)44)32(41)16-22-15-26(36)28(17-27(22)37)38-33(42)25-20-47-29-8-4-3-7-24(25)29/h3-4,7-8,15,17,20-21,23,30-31H,5-6,9-14,16,18-19H2,1-2H3,(H,38,42)(H,43,44)/t21-,23-,30-,31+,35?. The highest BCUT2D eigenvalue weighted by molar-refractivity contribution is 6.34. The number of fused-ring (bicyclic) bond motifs is 1. The average molecular weight is 686 g/mol. The minimum absolute atomic E-state index is 0.0586. The van der Waals surface area contributed by atoms with Crippen molar-refractivity contribution in [2.75, 3.05) is 45.7 Å². The van der Waals surface area contributed by atoms with Crippen LogP contribution in [0.3, 0.4) is 0 Å². The number of amides is 1. The van der Waals surface area contributed by atoms with E-state index in [1.165, 1.54) is 12.3 Å². The van der Waals surface area contributed by atoms with Crippen molar-refractivity contribution in [3.8, 4) is 0 Å². The van der Waals surface area contributed by atoms with Crippen LogP contribution in [0.4, 0.5) is 10.1 Å². The van der Waals surface area contributed by atoms with Gasteiger partial charge in [0.1, 0.15) is 17.7 Å². The molecule has 1 amide bonds. The van der Waals surface area contributed by atoms with Crippen molar-refractivity contribution < 1.29 is 42.5 Å². The fourth-order valence-corrected chi connectivity index (χ4v) is 7.58. The molecule has 3 fully saturated rings. The van der Waals surface area contributed by atoms with Gasteiger partial charge in [-0.2, -0.15) is 0 Å². The number of furan rings is 1. The Morgan fingerprint density at radius 3 is 2.33 bits per heavy atom. The van der Waals surface area contributed by atoms with E-state index in [0.29, 0.717) is 62.8 Å². The van der Waals surface area contributed by atoms with Crippen LogP contribution in [0.5, 0.6) is 0 Å². The zero-order valence-corrected chi connectivity index (χ0v) is 27.8. The van der Waals surface area contributed by atoms with Crippen LogP contribution in [-0.2, 0) is 30.2 Å². The fourth-order valence-electron chi connectivity index (χ4n) is 7.34. The van der Waals surface area contributed by atoms with E-state index in [1.54, 1.807) is 38.5 Å². The number of ether oxygens (including phenoxy) is 3. The lowest BCUT2D eigenvalue weighted by Crippen LogP contribution is -2.67. The number of Topliss-reactive ketones (excluding diaryl/α,β-unsaturated/α-hetero) is 1. The maximum Gasteiger partial charge on any atom is 0.306 e. The molecule has 3 heterocycles. The quantitative estimate of drug-likeness (QED) is 0.258. The summed E-state index contributed by atoms with van der Waals surface area (Å²) in [6, 6.07) is 9.56. The molecule has 2 saturated heterocycles. The molecule has 11 nitrogen and oxygen atoms in total. The first kappa shape index (κ1) is 34.5. The molecule has 3 aliphatic rings.